The molecule has 2 aromatic rings. The molecule has 1 aliphatic carbocycles. The molecule has 0 aromatic heterocycles. The van der Waals surface area contributed by atoms with Crippen LogP contribution < -0.4 is 9.47 Å². The third-order valence-electron chi connectivity index (χ3n) is 8.86. The van der Waals surface area contributed by atoms with E-state index in [9.17, 15) is 14.4 Å². The molecule has 6 heteroatoms. The number of benzene rings is 2. The summed E-state index contributed by atoms with van der Waals surface area (Å²) in [5, 5.41) is 0. The molecule has 1 aliphatic rings. The molecular formula is C39H54O6. The van der Waals surface area contributed by atoms with Crippen molar-refractivity contribution in [3.63, 3.8) is 0 Å². The van der Waals surface area contributed by atoms with Gasteiger partial charge in [0.05, 0.1) is 18.1 Å². The van der Waals surface area contributed by atoms with E-state index in [-0.39, 0.29) is 17.9 Å². The fraction of sp³-hybridized carbons (Fsp3) is 0.564. The number of hydrogen-bond acceptors (Lipinski definition) is 6. The highest BCUT2D eigenvalue weighted by atomic mass is 16.5. The number of ether oxygens (including phenoxy) is 3. The topological polar surface area (TPSA) is 78.9 Å². The second-order valence-electron chi connectivity index (χ2n) is 12.5. The minimum Gasteiger partial charge on any atom is -0.463 e. The Balaban J connectivity index is 1.25. The van der Waals surface area contributed by atoms with E-state index in [1.165, 1.54) is 75.8 Å². The SMILES string of the molecule is C=CC(=O)OCCCCCCCCCCCc1ccc(C(=O)Oc2ccc(OC(=O)C3CCC(CCCCC)CC3)cc2)cc1. The Hall–Kier alpha value is -3.41. The molecule has 0 bridgehead atoms. The van der Waals surface area contributed by atoms with Crippen LogP contribution >= 0.6 is 0 Å². The molecule has 45 heavy (non-hydrogen) atoms. The van der Waals surface area contributed by atoms with Gasteiger partial charge in [-0.25, -0.2) is 9.59 Å². The second-order valence-corrected chi connectivity index (χ2v) is 12.5. The van der Waals surface area contributed by atoms with E-state index in [1.54, 1.807) is 24.3 Å². The Kier molecular flexibility index (Phi) is 17.1. The first kappa shape index (κ1) is 36.1. The van der Waals surface area contributed by atoms with Gasteiger partial charge in [0.15, 0.2) is 0 Å². The number of unbranched alkanes of at least 4 members (excludes halogenated alkanes) is 10. The lowest BCUT2D eigenvalue weighted by Gasteiger charge is -2.27. The maximum Gasteiger partial charge on any atom is 0.343 e. The Bertz CT molecular complexity index is 1150. The summed E-state index contributed by atoms with van der Waals surface area (Å²) < 4.78 is 16.2. The summed E-state index contributed by atoms with van der Waals surface area (Å²) in [5.74, 6) is 0.736. The van der Waals surface area contributed by atoms with E-state index in [0.717, 1.165) is 57.3 Å². The molecule has 0 heterocycles. The molecule has 2 aromatic carbocycles. The van der Waals surface area contributed by atoms with Crippen LogP contribution in [0.2, 0.25) is 0 Å². The molecule has 3 rings (SSSR count). The maximum absolute atomic E-state index is 12.7. The lowest BCUT2D eigenvalue weighted by atomic mass is 9.80. The average Bonchev–Trinajstić information content (AvgIpc) is 3.06. The fourth-order valence-corrected chi connectivity index (χ4v) is 6.02. The van der Waals surface area contributed by atoms with Crippen LogP contribution in [0.3, 0.4) is 0 Å². The molecular weight excluding hydrogens is 564 g/mol. The van der Waals surface area contributed by atoms with E-state index < -0.39 is 5.97 Å². The first-order valence-corrected chi connectivity index (χ1v) is 17.4. The minimum atomic E-state index is -0.403. The monoisotopic (exact) mass is 618 g/mol. The van der Waals surface area contributed by atoms with Crippen molar-refractivity contribution in [3.05, 3.63) is 72.3 Å². The summed E-state index contributed by atoms with van der Waals surface area (Å²) in [6.45, 7) is 6.11. The van der Waals surface area contributed by atoms with Gasteiger partial charge in [-0.05, 0) is 92.8 Å². The lowest BCUT2D eigenvalue weighted by Crippen LogP contribution is -2.25. The van der Waals surface area contributed by atoms with E-state index in [0.29, 0.717) is 23.7 Å². The van der Waals surface area contributed by atoms with Crippen LogP contribution in [0.25, 0.3) is 0 Å². The highest BCUT2D eigenvalue weighted by molar-refractivity contribution is 5.91. The van der Waals surface area contributed by atoms with Gasteiger partial charge in [-0.3, -0.25) is 4.79 Å². The van der Waals surface area contributed by atoms with Crippen LogP contribution in [0.4, 0.5) is 0 Å². The van der Waals surface area contributed by atoms with Gasteiger partial charge in [0.2, 0.25) is 0 Å². The summed E-state index contributed by atoms with van der Waals surface area (Å²) in [5.41, 5.74) is 1.73. The van der Waals surface area contributed by atoms with E-state index in [1.807, 2.05) is 24.3 Å². The Morgan fingerprint density at radius 1 is 0.711 bits per heavy atom. The van der Waals surface area contributed by atoms with Crippen molar-refractivity contribution in [1.82, 2.24) is 0 Å². The van der Waals surface area contributed by atoms with Crippen LogP contribution in [0.5, 0.6) is 11.5 Å². The predicted octanol–water partition coefficient (Wildman–Crippen LogP) is 9.98. The van der Waals surface area contributed by atoms with Crippen molar-refractivity contribution in [2.24, 2.45) is 11.8 Å². The number of rotatable bonds is 21. The second kappa shape index (κ2) is 21.3. The molecule has 0 radical (unpaired) electrons. The molecule has 0 N–H and O–H groups in total. The molecule has 1 saturated carbocycles. The number of carbonyl (C=O) groups excluding carboxylic acids is 3. The zero-order chi connectivity index (χ0) is 32.1. The third-order valence-corrected chi connectivity index (χ3v) is 8.86. The molecule has 0 unspecified atom stereocenters. The molecule has 0 saturated heterocycles. The van der Waals surface area contributed by atoms with Gasteiger partial charge in [0, 0.05) is 6.08 Å². The summed E-state index contributed by atoms with van der Waals surface area (Å²) in [7, 11) is 0. The van der Waals surface area contributed by atoms with E-state index in [4.69, 9.17) is 14.2 Å². The number of esters is 3. The van der Waals surface area contributed by atoms with Gasteiger partial charge in [0.25, 0.3) is 0 Å². The highest BCUT2D eigenvalue weighted by Crippen LogP contribution is 2.33. The molecule has 246 valence electrons. The first-order chi connectivity index (χ1) is 22.0. The molecule has 1 fully saturated rings. The van der Waals surface area contributed by atoms with Crippen molar-refractivity contribution in [2.45, 2.75) is 122 Å². The van der Waals surface area contributed by atoms with Crippen LogP contribution in [0, 0.1) is 11.8 Å². The van der Waals surface area contributed by atoms with Crippen LogP contribution in [-0.2, 0) is 20.7 Å². The van der Waals surface area contributed by atoms with Crippen molar-refractivity contribution < 1.29 is 28.6 Å². The van der Waals surface area contributed by atoms with Gasteiger partial charge in [-0.2, -0.15) is 0 Å². The molecule has 0 amide bonds. The summed E-state index contributed by atoms with van der Waals surface area (Å²) in [4.78, 5) is 36.3. The molecule has 0 aliphatic heterocycles. The maximum atomic E-state index is 12.7. The summed E-state index contributed by atoms with van der Waals surface area (Å²) in [6, 6.07) is 14.4. The average molecular weight is 619 g/mol. The largest absolute Gasteiger partial charge is 0.463 e. The Morgan fingerprint density at radius 3 is 1.89 bits per heavy atom. The zero-order valence-electron chi connectivity index (χ0n) is 27.4. The number of hydrogen-bond donors (Lipinski definition) is 0. The number of carbonyl (C=O) groups is 3. The van der Waals surface area contributed by atoms with Gasteiger partial charge >= 0.3 is 17.9 Å². The van der Waals surface area contributed by atoms with Crippen LogP contribution in [0.15, 0.2) is 61.2 Å². The van der Waals surface area contributed by atoms with E-state index in [2.05, 4.69) is 13.5 Å². The van der Waals surface area contributed by atoms with Gasteiger partial charge in [-0.1, -0.05) is 96.3 Å². The van der Waals surface area contributed by atoms with Crippen LogP contribution in [0.1, 0.15) is 132 Å². The van der Waals surface area contributed by atoms with Gasteiger partial charge in [-0.15, -0.1) is 0 Å². The quantitative estimate of drug-likeness (QED) is 0.0600. The normalized spacial score (nSPS) is 16.1. The first-order valence-electron chi connectivity index (χ1n) is 17.4. The number of aryl methyl sites for hydroxylation is 1. The van der Waals surface area contributed by atoms with Gasteiger partial charge < -0.3 is 14.2 Å². The van der Waals surface area contributed by atoms with Crippen molar-refractivity contribution in [2.75, 3.05) is 6.61 Å². The summed E-state index contributed by atoms with van der Waals surface area (Å²) >= 11 is 0. The smallest absolute Gasteiger partial charge is 0.343 e. The highest BCUT2D eigenvalue weighted by Gasteiger charge is 2.27. The van der Waals surface area contributed by atoms with E-state index >= 15 is 0 Å². The Labute approximate surface area is 270 Å². The zero-order valence-corrected chi connectivity index (χ0v) is 27.4. The predicted molar refractivity (Wildman–Crippen MR) is 179 cm³/mol. The molecule has 6 nitrogen and oxygen atoms in total. The standard InChI is InChI=1S/C39H54O6/c1-3-5-13-16-31-18-22-33(23-19-31)38(41)44-35-26-28-36(29-27-35)45-39(42)34-24-20-32(21-25-34)17-14-11-9-7-6-8-10-12-15-30-43-37(40)4-2/h4,20-21,24-29,31,33H,2-3,5-19,22-23,30H2,1H3. The fourth-order valence-electron chi connectivity index (χ4n) is 6.02. The minimum absolute atomic E-state index is 0.0248. The third kappa shape index (κ3) is 14.5. The van der Waals surface area contributed by atoms with Crippen molar-refractivity contribution in [1.29, 1.82) is 0 Å². The van der Waals surface area contributed by atoms with Crippen molar-refractivity contribution >= 4 is 17.9 Å². The van der Waals surface area contributed by atoms with Crippen LogP contribution in [-0.4, -0.2) is 24.5 Å². The summed E-state index contributed by atoms with van der Waals surface area (Å²) in [6.07, 6.45) is 21.9. The Morgan fingerprint density at radius 2 is 1.29 bits per heavy atom. The van der Waals surface area contributed by atoms with Crippen molar-refractivity contribution in [3.8, 4) is 11.5 Å². The molecule has 0 atom stereocenters. The molecule has 0 spiro atoms. The lowest BCUT2D eigenvalue weighted by molar-refractivity contribution is -0.140. The van der Waals surface area contributed by atoms with Gasteiger partial charge in [0.1, 0.15) is 11.5 Å².